The third-order valence-electron chi connectivity index (χ3n) is 3.93. The lowest BCUT2D eigenvalue weighted by molar-refractivity contribution is -0.119. The Morgan fingerprint density at radius 1 is 0.967 bits per heavy atom. The first kappa shape index (κ1) is 22.9. The number of ether oxygens (including phenoxy) is 2. The maximum atomic E-state index is 12.3. The number of rotatable bonds is 6. The summed E-state index contributed by atoms with van der Waals surface area (Å²) in [5.41, 5.74) is 1.64. The maximum absolute atomic E-state index is 12.3. The molecule has 2 N–H and O–H groups in total. The van der Waals surface area contributed by atoms with Crippen molar-refractivity contribution in [2.24, 2.45) is 0 Å². The van der Waals surface area contributed by atoms with Gasteiger partial charge >= 0.3 is 12.1 Å². The number of carbonyl (C=O) groups is 3. The summed E-state index contributed by atoms with van der Waals surface area (Å²) in [5.74, 6) is -0.862. The van der Waals surface area contributed by atoms with Crippen LogP contribution in [-0.4, -0.2) is 30.2 Å². The van der Waals surface area contributed by atoms with Crippen molar-refractivity contribution in [3.8, 4) is 0 Å². The van der Waals surface area contributed by atoms with E-state index in [4.69, 9.17) is 9.47 Å². The molecule has 0 atom stereocenters. The van der Waals surface area contributed by atoms with Crippen molar-refractivity contribution in [3.05, 3.63) is 59.7 Å². The van der Waals surface area contributed by atoms with Crippen molar-refractivity contribution in [2.75, 3.05) is 17.2 Å². The molecule has 2 aromatic carbocycles. The average Bonchev–Trinajstić information content (AvgIpc) is 2.65. The second-order valence-corrected chi connectivity index (χ2v) is 8.07. The zero-order valence-corrected chi connectivity index (χ0v) is 17.9. The van der Waals surface area contributed by atoms with E-state index in [-0.39, 0.29) is 11.5 Å². The van der Waals surface area contributed by atoms with Crippen LogP contribution < -0.4 is 10.6 Å². The number of anilines is 2. The van der Waals surface area contributed by atoms with Gasteiger partial charge in [-0.15, -0.1) is 0 Å². The minimum Gasteiger partial charge on any atom is -0.452 e. The molecule has 0 saturated heterocycles. The van der Waals surface area contributed by atoms with Crippen LogP contribution in [0.2, 0.25) is 0 Å². The number of hydrogen-bond acceptors (Lipinski definition) is 5. The Morgan fingerprint density at radius 3 is 2.33 bits per heavy atom. The summed E-state index contributed by atoms with van der Waals surface area (Å²) in [4.78, 5) is 36.4. The van der Waals surface area contributed by atoms with Crippen LogP contribution >= 0.6 is 0 Å². The predicted molar refractivity (Wildman–Crippen MR) is 116 cm³/mol. The van der Waals surface area contributed by atoms with Crippen LogP contribution in [0.3, 0.4) is 0 Å². The average molecular weight is 412 g/mol. The number of nitrogens with one attached hydrogen (secondary N) is 2. The van der Waals surface area contributed by atoms with Gasteiger partial charge < -0.3 is 14.8 Å². The maximum Gasteiger partial charge on any atom is 0.412 e. The van der Waals surface area contributed by atoms with Crippen molar-refractivity contribution in [2.45, 2.75) is 46.1 Å². The minimum absolute atomic E-state index is 0.207. The number of amides is 2. The van der Waals surface area contributed by atoms with Crippen molar-refractivity contribution >= 4 is 29.3 Å². The molecule has 2 aromatic rings. The molecule has 7 nitrogen and oxygen atoms in total. The van der Waals surface area contributed by atoms with Crippen LogP contribution in [-0.2, 0) is 14.3 Å². The highest BCUT2D eigenvalue weighted by Gasteiger charge is 2.17. The molecule has 0 spiro atoms. The molecule has 2 amide bonds. The fourth-order valence-electron chi connectivity index (χ4n) is 2.66. The molecule has 0 bridgehead atoms. The van der Waals surface area contributed by atoms with E-state index in [1.54, 1.807) is 39.0 Å². The van der Waals surface area contributed by atoms with Gasteiger partial charge in [-0.05, 0) is 56.5 Å². The fourth-order valence-corrected chi connectivity index (χ4v) is 2.66. The Hall–Kier alpha value is -3.35. The summed E-state index contributed by atoms with van der Waals surface area (Å²) >= 11 is 0. The van der Waals surface area contributed by atoms with Gasteiger partial charge in [-0.25, -0.2) is 9.59 Å². The second kappa shape index (κ2) is 9.91. The molecule has 0 radical (unpaired) electrons. The van der Waals surface area contributed by atoms with Crippen LogP contribution in [0, 0.1) is 0 Å². The van der Waals surface area contributed by atoms with Gasteiger partial charge in [-0.3, -0.25) is 10.1 Å². The van der Waals surface area contributed by atoms with E-state index in [1.165, 1.54) is 12.1 Å². The lowest BCUT2D eigenvalue weighted by atomic mass is 10.0. The van der Waals surface area contributed by atoms with Crippen LogP contribution in [0.4, 0.5) is 16.2 Å². The van der Waals surface area contributed by atoms with Gasteiger partial charge in [0.25, 0.3) is 5.91 Å². The SMILES string of the molecule is CC(C)c1ccccc1NC(=O)COC(=O)c1cccc(NC(=O)OC(C)(C)C)c1. The van der Waals surface area contributed by atoms with Gasteiger partial charge in [0, 0.05) is 11.4 Å². The molecule has 0 fully saturated rings. The Labute approximate surface area is 176 Å². The Morgan fingerprint density at radius 2 is 1.67 bits per heavy atom. The van der Waals surface area contributed by atoms with E-state index < -0.39 is 30.2 Å². The van der Waals surface area contributed by atoms with Gasteiger partial charge in [-0.2, -0.15) is 0 Å². The van der Waals surface area contributed by atoms with Crippen molar-refractivity contribution in [1.29, 1.82) is 0 Å². The molecular formula is C23H28N2O5. The molecule has 0 aliphatic rings. The summed E-state index contributed by atoms with van der Waals surface area (Å²) < 4.78 is 10.3. The number of carbonyl (C=O) groups excluding carboxylic acids is 3. The zero-order chi connectivity index (χ0) is 22.3. The molecule has 0 unspecified atom stereocenters. The summed E-state index contributed by atoms with van der Waals surface area (Å²) in [6.07, 6.45) is -0.629. The van der Waals surface area contributed by atoms with E-state index in [1.807, 2.05) is 32.0 Å². The Kier molecular flexibility index (Phi) is 7.58. The highest BCUT2D eigenvalue weighted by molar-refractivity contribution is 5.97. The lowest BCUT2D eigenvalue weighted by Crippen LogP contribution is -2.27. The van der Waals surface area contributed by atoms with Gasteiger partial charge in [0.15, 0.2) is 6.61 Å². The zero-order valence-electron chi connectivity index (χ0n) is 17.9. The molecule has 30 heavy (non-hydrogen) atoms. The smallest absolute Gasteiger partial charge is 0.412 e. The summed E-state index contributed by atoms with van der Waals surface area (Å²) in [6.45, 7) is 8.91. The molecule has 7 heteroatoms. The van der Waals surface area contributed by atoms with Crippen molar-refractivity contribution < 1.29 is 23.9 Å². The highest BCUT2D eigenvalue weighted by atomic mass is 16.6. The number of benzene rings is 2. The molecule has 0 aliphatic heterocycles. The molecule has 0 heterocycles. The number of hydrogen-bond donors (Lipinski definition) is 2. The van der Waals surface area contributed by atoms with E-state index in [2.05, 4.69) is 10.6 Å². The fraction of sp³-hybridized carbons (Fsp3) is 0.348. The summed E-state index contributed by atoms with van der Waals surface area (Å²) in [6, 6.07) is 13.7. The largest absolute Gasteiger partial charge is 0.452 e. The standard InChI is InChI=1S/C23H28N2O5/c1-15(2)18-11-6-7-12-19(18)25-20(26)14-29-21(27)16-9-8-10-17(13-16)24-22(28)30-23(3,4)5/h6-13,15H,14H2,1-5H3,(H,24,28)(H,25,26). The first-order chi connectivity index (χ1) is 14.0. The Balaban J connectivity index is 1.94. The molecule has 0 saturated carbocycles. The summed E-state index contributed by atoms with van der Waals surface area (Å²) in [7, 11) is 0. The van der Waals surface area contributed by atoms with Gasteiger partial charge in [0.1, 0.15) is 5.60 Å². The van der Waals surface area contributed by atoms with Crippen LogP contribution in [0.1, 0.15) is 56.5 Å². The van der Waals surface area contributed by atoms with E-state index in [0.717, 1.165) is 5.56 Å². The topological polar surface area (TPSA) is 93.7 Å². The van der Waals surface area contributed by atoms with E-state index in [9.17, 15) is 14.4 Å². The van der Waals surface area contributed by atoms with Crippen LogP contribution in [0.15, 0.2) is 48.5 Å². The minimum atomic E-state index is -0.671. The Bertz CT molecular complexity index is 916. The highest BCUT2D eigenvalue weighted by Crippen LogP contribution is 2.23. The number of esters is 1. The van der Waals surface area contributed by atoms with E-state index >= 15 is 0 Å². The van der Waals surface area contributed by atoms with Gasteiger partial charge in [0.05, 0.1) is 5.56 Å². The molecular weight excluding hydrogens is 384 g/mol. The third-order valence-corrected chi connectivity index (χ3v) is 3.93. The monoisotopic (exact) mass is 412 g/mol. The molecule has 160 valence electrons. The first-order valence-corrected chi connectivity index (χ1v) is 9.71. The lowest BCUT2D eigenvalue weighted by Gasteiger charge is -2.19. The second-order valence-electron chi connectivity index (χ2n) is 8.07. The van der Waals surface area contributed by atoms with E-state index in [0.29, 0.717) is 11.4 Å². The van der Waals surface area contributed by atoms with Gasteiger partial charge in [-0.1, -0.05) is 38.1 Å². The third kappa shape index (κ3) is 7.24. The normalized spacial score (nSPS) is 11.0. The quantitative estimate of drug-likeness (QED) is 0.655. The predicted octanol–water partition coefficient (Wildman–Crippen LogP) is 4.95. The van der Waals surface area contributed by atoms with Crippen molar-refractivity contribution in [3.63, 3.8) is 0 Å². The first-order valence-electron chi connectivity index (χ1n) is 9.71. The van der Waals surface area contributed by atoms with Crippen molar-refractivity contribution in [1.82, 2.24) is 0 Å². The van der Waals surface area contributed by atoms with Crippen LogP contribution in [0.5, 0.6) is 0 Å². The molecule has 0 aromatic heterocycles. The van der Waals surface area contributed by atoms with Crippen LogP contribution in [0.25, 0.3) is 0 Å². The number of para-hydroxylation sites is 1. The summed E-state index contributed by atoms with van der Waals surface area (Å²) in [5, 5.41) is 5.33. The molecule has 2 rings (SSSR count). The van der Waals surface area contributed by atoms with Gasteiger partial charge in [0.2, 0.25) is 0 Å². The molecule has 0 aliphatic carbocycles.